The third kappa shape index (κ3) is 4.54. The molecule has 0 heterocycles. The van der Waals surface area contributed by atoms with Gasteiger partial charge < -0.3 is 10.6 Å². The lowest BCUT2D eigenvalue weighted by Crippen LogP contribution is -2.32. The van der Waals surface area contributed by atoms with Crippen molar-refractivity contribution in [3.05, 3.63) is 27.7 Å². The fourth-order valence-corrected chi connectivity index (χ4v) is 1.66. The number of carbonyl (C=O) groups excluding carboxylic acids is 1. The molecule has 0 saturated heterocycles. The minimum atomic E-state index is -0.138. The summed E-state index contributed by atoms with van der Waals surface area (Å²) in [6, 6.07) is 3.65. The van der Waals surface area contributed by atoms with E-state index in [1.165, 1.54) is 0 Å². The molecule has 0 fully saturated rings. The SMILES string of the molecule is Cc1cc(Cl)c(NC(=O)CNC(C)C)cc1Cl. The first-order chi connectivity index (χ1) is 7.90. The van der Waals surface area contributed by atoms with Crippen LogP contribution in [0.4, 0.5) is 5.69 Å². The molecule has 1 aromatic carbocycles. The number of hydrogen-bond acceptors (Lipinski definition) is 2. The van der Waals surface area contributed by atoms with Gasteiger partial charge in [0, 0.05) is 11.1 Å². The summed E-state index contributed by atoms with van der Waals surface area (Å²) in [4.78, 5) is 11.6. The number of hydrogen-bond donors (Lipinski definition) is 2. The summed E-state index contributed by atoms with van der Waals surface area (Å²) >= 11 is 12.0. The largest absolute Gasteiger partial charge is 0.324 e. The quantitative estimate of drug-likeness (QED) is 0.885. The number of amides is 1. The van der Waals surface area contributed by atoms with Crippen LogP contribution in [-0.2, 0) is 4.79 Å². The summed E-state index contributed by atoms with van der Waals surface area (Å²) in [7, 11) is 0. The predicted octanol–water partition coefficient (Wildman–Crippen LogP) is 3.24. The van der Waals surface area contributed by atoms with E-state index in [0.29, 0.717) is 15.7 Å². The lowest BCUT2D eigenvalue weighted by Gasteiger charge is -2.11. The number of anilines is 1. The van der Waals surface area contributed by atoms with Crippen molar-refractivity contribution < 1.29 is 4.79 Å². The lowest BCUT2D eigenvalue weighted by molar-refractivity contribution is -0.115. The summed E-state index contributed by atoms with van der Waals surface area (Å²) in [5.41, 5.74) is 1.42. The molecular formula is C12H16Cl2N2O. The maximum Gasteiger partial charge on any atom is 0.238 e. The van der Waals surface area contributed by atoms with Gasteiger partial charge in [-0.2, -0.15) is 0 Å². The van der Waals surface area contributed by atoms with Gasteiger partial charge in [-0.15, -0.1) is 0 Å². The van der Waals surface area contributed by atoms with Crippen molar-refractivity contribution in [1.82, 2.24) is 5.32 Å². The van der Waals surface area contributed by atoms with Crippen molar-refractivity contribution in [3.63, 3.8) is 0 Å². The first-order valence-corrected chi connectivity index (χ1v) is 6.14. The Morgan fingerprint density at radius 1 is 1.29 bits per heavy atom. The molecule has 1 aromatic rings. The molecular weight excluding hydrogens is 259 g/mol. The van der Waals surface area contributed by atoms with E-state index < -0.39 is 0 Å². The summed E-state index contributed by atoms with van der Waals surface area (Å²) in [5.74, 6) is -0.138. The van der Waals surface area contributed by atoms with E-state index in [-0.39, 0.29) is 18.5 Å². The Morgan fingerprint density at radius 2 is 1.94 bits per heavy atom. The third-order valence-corrected chi connectivity index (χ3v) is 2.91. The Morgan fingerprint density at radius 3 is 2.53 bits per heavy atom. The van der Waals surface area contributed by atoms with E-state index in [1.807, 2.05) is 20.8 Å². The van der Waals surface area contributed by atoms with Gasteiger partial charge in [-0.05, 0) is 24.6 Å². The van der Waals surface area contributed by atoms with Gasteiger partial charge in [0.05, 0.1) is 17.3 Å². The number of benzene rings is 1. The molecule has 17 heavy (non-hydrogen) atoms. The van der Waals surface area contributed by atoms with E-state index in [1.54, 1.807) is 12.1 Å². The van der Waals surface area contributed by atoms with Crippen LogP contribution in [0.25, 0.3) is 0 Å². The van der Waals surface area contributed by atoms with Gasteiger partial charge in [0.2, 0.25) is 5.91 Å². The van der Waals surface area contributed by atoms with Gasteiger partial charge in [-0.3, -0.25) is 4.79 Å². The maximum atomic E-state index is 11.6. The highest BCUT2D eigenvalue weighted by molar-refractivity contribution is 6.36. The topological polar surface area (TPSA) is 41.1 Å². The summed E-state index contributed by atoms with van der Waals surface area (Å²) < 4.78 is 0. The normalized spacial score (nSPS) is 10.7. The van der Waals surface area contributed by atoms with Crippen LogP contribution in [0, 0.1) is 6.92 Å². The Balaban J connectivity index is 2.68. The second kappa shape index (κ2) is 6.24. The molecule has 1 rings (SSSR count). The second-order valence-corrected chi connectivity index (χ2v) is 4.98. The minimum Gasteiger partial charge on any atom is -0.324 e. The number of nitrogens with one attached hydrogen (secondary N) is 2. The van der Waals surface area contributed by atoms with Gasteiger partial charge >= 0.3 is 0 Å². The van der Waals surface area contributed by atoms with E-state index in [0.717, 1.165) is 5.56 Å². The number of aryl methyl sites for hydroxylation is 1. The summed E-state index contributed by atoms with van der Waals surface area (Å²) in [6.45, 7) is 6.06. The molecule has 0 aliphatic rings. The van der Waals surface area contributed by atoms with Crippen LogP contribution >= 0.6 is 23.2 Å². The molecule has 0 bridgehead atoms. The zero-order valence-electron chi connectivity index (χ0n) is 10.1. The van der Waals surface area contributed by atoms with Gasteiger partial charge in [0.25, 0.3) is 0 Å². The van der Waals surface area contributed by atoms with Gasteiger partial charge in [0.1, 0.15) is 0 Å². The Kier molecular flexibility index (Phi) is 5.25. The van der Waals surface area contributed by atoms with Gasteiger partial charge in [0.15, 0.2) is 0 Å². The fourth-order valence-electron chi connectivity index (χ4n) is 1.23. The highest BCUT2D eigenvalue weighted by Gasteiger charge is 2.08. The average Bonchev–Trinajstić information content (AvgIpc) is 2.23. The highest BCUT2D eigenvalue weighted by Crippen LogP contribution is 2.28. The molecule has 5 heteroatoms. The molecule has 1 amide bonds. The smallest absolute Gasteiger partial charge is 0.238 e. The summed E-state index contributed by atoms with van der Waals surface area (Å²) in [6.07, 6.45) is 0. The number of halogens is 2. The molecule has 0 atom stereocenters. The Bertz CT molecular complexity index is 419. The van der Waals surface area contributed by atoms with Crippen molar-refractivity contribution >= 4 is 34.8 Å². The first-order valence-electron chi connectivity index (χ1n) is 5.39. The molecule has 0 spiro atoms. The van der Waals surface area contributed by atoms with Crippen LogP contribution in [0.5, 0.6) is 0 Å². The van der Waals surface area contributed by atoms with Crippen molar-refractivity contribution in [3.8, 4) is 0 Å². The minimum absolute atomic E-state index is 0.138. The monoisotopic (exact) mass is 274 g/mol. The molecule has 2 N–H and O–H groups in total. The van der Waals surface area contributed by atoms with E-state index in [9.17, 15) is 4.79 Å². The van der Waals surface area contributed by atoms with Crippen LogP contribution in [0.15, 0.2) is 12.1 Å². The van der Waals surface area contributed by atoms with Crippen LogP contribution in [-0.4, -0.2) is 18.5 Å². The van der Waals surface area contributed by atoms with Crippen LogP contribution in [0.2, 0.25) is 10.0 Å². The number of carbonyl (C=O) groups is 1. The number of rotatable bonds is 4. The van der Waals surface area contributed by atoms with Crippen molar-refractivity contribution in [1.29, 1.82) is 0 Å². The molecule has 0 aliphatic heterocycles. The first kappa shape index (κ1) is 14.3. The lowest BCUT2D eigenvalue weighted by atomic mass is 10.2. The Labute approximate surface area is 111 Å². The van der Waals surface area contributed by atoms with Gasteiger partial charge in [-0.25, -0.2) is 0 Å². The standard InChI is InChI=1S/C12H16Cl2N2O/c1-7(2)15-6-12(17)16-11-5-9(13)8(3)4-10(11)14/h4-5,7,15H,6H2,1-3H3,(H,16,17). The fraction of sp³-hybridized carbons (Fsp3) is 0.417. The summed E-state index contributed by atoms with van der Waals surface area (Å²) in [5, 5.41) is 6.81. The third-order valence-electron chi connectivity index (χ3n) is 2.19. The Hall–Kier alpha value is -0.770. The van der Waals surface area contributed by atoms with Crippen LogP contribution < -0.4 is 10.6 Å². The highest BCUT2D eigenvalue weighted by atomic mass is 35.5. The van der Waals surface area contributed by atoms with Crippen LogP contribution in [0.1, 0.15) is 19.4 Å². The predicted molar refractivity (Wildman–Crippen MR) is 73.0 cm³/mol. The molecule has 0 unspecified atom stereocenters. The van der Waals surface area contributed by atoms with E-state index in [2.05, 4.69) is 10.6 Å². The van der Waals surface area contributed by atoms with Gasteiger partial charge in [-0.1, -0.05) is 37.0 Å². The maximum absolute atomic E-state index is 11.6. The molecule has 0 saturated carbocycles. The average molecular weight is 275 g/mol. The second-order valence-electron chi connectivity index (χ2n) is 4.17. The van der Waals surface area contributed by atoms with Crippen molar-refractivity contribution in [2.45, 2.75) is 26.8 Å². The molecule has 3 nitrogen and oxygen atoms in total. The van der Waals surface area contributed by atoms with E-state index in [4.69, 9.17) is 23.2 Å². The van der Waals surface area contributed by atoms with Crippen molar-refractivity contribution in [2.75, 3.05) is 11.9 Å². The molecule has 0 aromatic heterocycles. The molecule has 0 radical (unpaired) electrons. The zero-order chi connectivity index (χ0) is 13.0. The van der Waals surface area contributed by atoms with E-state index >= 15 is 0 Å². The molecule has 0 aliphatic carbocycles. The van der Waals surface area contributed by atoms with Crippen molar-refractivity contribution in [2.24, 2.45) is 0 Å². The van der Waals surface area contributed by atoms with Crippen LogP contribution in [0.3, 0.4) is 0 Å². The zero-order valence-corrected chi connectivity index (χ0v) is 11.6. The molecule has 94 valence electrons.